The predicted octanol–water partition coefficient (Wildman–Crippen LogP) is 11.0. The van der Waals surface area contributed by atoms with Crippen molar-refractivity contribution in [2.45, 2.75) is 101 Å². The quantitative estimate of drug-likeness (QED) is 0.0766. The average molecular weight is 999 g/mol. The van der Waals surface area contributed by atoms with Crippen LogP contribution in [0.1, 0.15) is 93.0 Å². The van der Waals surface area contributed by atoms with Crippen molar-refractivity contribution < 1.29 is 13.2 Å². The monoisotopic (exact) mass is 996 g/mol. The second kappa shape index (κ2) is 22.2. The first kappa shape index (κ1) is 49.5. The largest absolute Gasteiger partial charge is 0.334 e. The zero-order chi connectivity index (χ0) is 45.8. The van der Waals surface area contributed by atoms with Crippen molar-refractivity contribution in [3.05, 3.63) is 123 Å². The summed E-state index contributed by atoms with van der Waals surface area (Å²) in [7, 11) is 2.06. The summed E-state index contributed by atoms with van der Waals surface area (Å²) < 4.78 is 50.0. The predicted molar refractivity (Wildman–Crippen MR) is 265 cm³/mol. The number of piperidine rings is 3. The Bertz CT molecular complexity index is 2330. The van der Waals surface area contributed by atoms with Gasteiger partial charge in [0.1, 0.15) is 34.9 Å². The average Bonchev–Trinajstić information content (AvgIpc) is 4.10. The molecule has 0 unspecified atom stereocenters. The Hall–Kier alpha value is -3.92. The highest BCUT2D eigenvalue weighted by atomic mass is 35.5. The molecule has 0 radical (unpaired) electrons. The Balaban J connectivity index is 0.00000608. The second-order valence-corrected chi connectivity index (χ2v) is 19.5. The molecule has 3 aromatic carbocycles. The van der Waals surface area contributed by atoms with E-state index in [9.17, 15) is 13.2 Å². The second-order valence-electron chi connectivity index (χ2n) is 18.3. The maximum Gasteiger partial charge on any atom is 0.141 e. The molecule has 4 N–H and O–H groups in total. The van der Waals surface area contributed by atoms with Crippen LogP contribution in [0.2, 0.25) is 15.1 Å². The normalized spacial score (nSPS) is 16.7. The summed E-state index contributed by atoms with van der Waals surface area (Å²) in [6, 6.07) is 14.4. The third-order valence-corrected chi connectivity index (χ3v) is 15.1. The van der Waals surface area contributed by atoms with E-state index in [1.807, 2.05) is 0 Å². The lowest BCUT2D eigenvalue weighted by Gasteiger charge is -2.36. The zero-order valence-electron chi connectivity index (χ0n) is 37.7. The summed E-state index contributed by atoms with van der Waals surface area (Å²) in [4.78, 5) is 15.7. The summed E-state index contributed by atoms with van der Waals surface area (Å²) in [6.07, 6.45) is 14.5. The van der Waals surface area contributed by atoms with Crippen molar-refractivity contribution in [3.63, 3.8) is 0 Å². The van der Waals surface area contributed by atoms with Crippen molar-refractivity contribution in [3.8, 4) is 33.8 Å². The lowest BCUT2D eigenvalue weighted by Crippen LogP contribution is -2.46. The standard InChI is InChI=1S/C50H58Cl3F3N10.ClH/c1-57-50(14-23-64-29-44(35-2-5-41(54)38(51)26-35)61-47(64)32-8-17-58-18-9-32,15-24-65-30-45(36-3-6-42(55)39(52)27-36)62-48(65)33-10-19-59-20-11-33)16-25-66-31-46(37-4-7-43(56)40(53)28-37)63-49(66)34-12-21-60-22-13-34;/h2-7,26-34,57-60H,8-25H2,1H3;1H. The van der Waals surface area contributed by atoms with E-state index in [-0.39, 0.29) is 50.8 Å². The molecule has 9 rings (SSSR count). The van der Waals surface area contributed by atoms with E-state index >= 15 is 0 Å². The van der Waals surface area contributed by atoms with Crippen molar-refractivity contribution >= 4 is 47.2 Å². The van der Waals surface area contributed by atoms with Gasteiger partial charge in [0, 0.05) is 78.2 Å². The van der Waals surface area contributed by atoms with Crippen LogP contribution in [0.3, 0.4) is 0 Å². The molecule has 0 amide bonds. The highest BCUT2D eigenvalue weighted by Gasteiger charge is 2.33. The summed E-state index contributed by atoms with van der Waals surface area (Å²) in [5.41, 5.74) is 4.28. The molecular formula is C50H59Cl4F3N10. The highest BCUT2D eigenvalue weighted by Crippen LogP contribution is 2.36. The van der Waals surface area contributed by atoms with E-state index in [0.717, 1.165) is 148 Å². The molecule has 0 atom stereocenters. The van der Waals surface area contributed by atoms with Crippen LogP contribution in [0.4, 0.5) is 13.2 Å². The minimum absolute atomic E-state index is 0. The molecule has 3 aliphatic heterocycles. The van der Waals surface area contributed by atoms with Gasteiger partial charge in [-0.15, -0.1) is 12.4 Å². The van der Waals surface area contributed by atoms with Gasteiger partial charge in [-0.25, -0.2) is 28.1 Å². The first-order valence-corrected chi connectivity index (χ1v) is 24.6. The smallest absolute Gasteiger partial charge is 0.141 e. The van der Waals surface area contributed by atoms with Crippen LogP contribution >= 0.6 is 47.2 Å². The van der Waals surface area contributed by atoms with Crippen LogP contribution < -0.4 is 21.3 Å². The van der Waals surface area contributed by atoms with E-state index in [2.05, 4.69) is 60.6 Å². The molecule has 6 aromatic rings. The Morgan fingerprint density at radius 1 is 0.522 bits per heavy atom. The maximum absolute atomic E-state index is 14.3. The van der Waals surface area contributed by atoms with Gasteiger partial charge in [0.25, 0.3) is 0 Å². The molecule has 3 aromatic heterocycles. The Labute approximate surface area is 412 Å². The fraction of sp³-hybridized carbons (Fsp3) is 0.460. The molecule has 0 saturated carbocycles. The van der Waals surface area contributed by atoms with Crippen molar-refractivity contribution in [2.75, 3.05) is 46.3 Å². The van der Waals surface area contributed by atoms with E-state index in [1.54, 1.807) is 36.4 Å². The minimum Gasteiger partial charge on any atom is -0.334 e. The molecule has 3 saturated heterocycles. The van der Waals surface area contributed by atoms with Gasteiger partial charge >= 0.3 is 0 Å². The molecule has 17 heteroatoms. The molecule has 0 aliphatic carbocycles. The summed E-state index contributed by atoms with van der Waals surface area (Å²) in [5, 5.41) is 14.6. The number of nitrogens with one attached hydrogen (secondary N) is 4. The van der Waals surface area contributed by atoms with Gasteiger partial charge in [-0.1, -0.05) is 34.8 Å². The zero-order valence-corrected chi connectivity index (χ0v) is 40.8. The fourth-order valence-electron chi connectivity index (χ4n) is 10.2. The number of aryl methyl sites for hydroxylation is 3. The summed E-state index contributed by atoms with van der Waals surface area (Å²) >= 11 is 18.9. The number of nitrogens with zero attached hydrogens (tertiary/aromatic N) is 6. The van der Waals surface area contributed by atoms with Crippen LogP contribution in [-0.2, 0) is 19.6 Å². The van der Waals surface area contributed by atoms with E-state index in [1.165, 1.54) is 18.2 Å². The number of aromatic nitrogens is 6. The topological polar surface area (TPSA) is 102 Å². The third kappa shape index (κ3) is 11.4. The van der Waals surface area contributed by atoms with Crippen LogP contribution in [0, 0.1) is 17.5 Å². The number of imidazole rings is 3. The Kier molecular flexibility index (Phi) is 16.4. The van der Waals surface area contributed by atoms with Crippen LogP contribution in [-0.4, -0.2) is 80.5 Å². The molecule has 3 fully saturated rings. The van der Waals surface area contributed by atoms with Crippen LogP contribution in [0.15, 0.2) is 73.2 Å². The number of rotatable bonds is 16. The lowest BCUT2D eigenvalue weighted by molar-refractivity contribution is 0.236. The van der Waals surface area contributed by atoms with Gasteiger partial charge in [0.15, 0.2) is 0 Å². The molecule has 358 valence electrons. The van der Waals surface area contributed by atoms with Gasteiger partial charge in [0.2, 0.25) is 0 Å². The lowest BCUT2D eigenvalue weighted by atomic mass is 9.86. The summed E-state index contributed by atoms with van der Waals surface area (Å²) in [6.45, 7) is 7.59. The highest BCUT2D eigenvalue weighted by molar-refractivity contribution is 6.31. The molecule has 0 bridgehead atoms. The molecule has 10 nitrogen and oxygen atoms in total. The van der Waals surface area contributed by atoms with Crippen LogP contribution in [0.25, 0.3) is 33.8 Å². The fourth-order valence-corrected chi connectivity index (χ4v) is 10.7. The van der Waals surface area contributed by atoms with E-state index < -0.39 is 17.5 Å². The van der Waals surface area contributed by atoms with Gasteiger partial charge in [-0.05, 0) is 159 Å². The number of hydrogen-bond donors (Lipinski definition) is 4. The van der Waals surface area contributed by atoms with Gasteiger partial charge in [0.05, 0.1) is 32.1 Å². The van der Waals surface area contributed by atoms with Gasteiger partial charge < -0.3 is 35.0 Å². The maximum atomic E-state index is 14.3. The SMILES string of the molecule is CNC(CCn1cc(-c2ccc(F)c(Cl)c2)nc1C1CCNCC1)(CCn1cc(-c2ccc(F)c(Cl)c2)nc1C1CCNCC1)CCn1cc(-c2ccc(F)c(Cl)c2)nc1C1CCNCC1.Cl. The van der Waals surface area contributed by atoms with Crippen LogP contribution in [0.5, 0.6) is 0 Å². The van der Waals surface area contributed by atoms with Crippen molar-refractivity contribution in [2.24, 2.45) is 0 Å². The summed E-state index contributed by atoms with van der Waals surface area (Å²) in [5.74, 6) is 2.55. The molecule has 0 spiro atoms. The number of hydrogen-bond acceptors (Lipinski definition) is 7. The number of halogens is 7. The van der Waals surface area contributed by atoms with Gasteiger partial charge in [-0.2, -0.15) is 0 Å². The molecule has 6 heterocycles. The third-order valence-electron chi connectivity index (χ3n) is 14.2. The minimum atomic E-state index is -0.457. The number of benzene rings is 3. The molecule has 67 heavy (non-hydrogen) atoms. The van der Waals surface area contributed by atoms with E-state index in [0.29, 0.717) is 19.6 Å². The van der Waals surface area contributed by atoms with E-state index in [4.69, 9.17) is 49.8 Å². The Morgan fingerprint density at radius 2 is 0.806 bits per heavy atom. The van der Waals surface area contributed by atoms with Crippen molar-refractivity contribution in [1.82, 2.24) is 49.9 Å². The Morgan fingerprint density at radius 3 is 1.06 bits per heavy atom. The first-order chi connectivity index (χ1) is 32.1. The van der Waals surface area contributed by atoms with Gasteiger partial charge in [-0.3, -0.25) is 0 Å². The first-order valence-electron chi connectivity index (χ1n) is 23.4. The molecular weight excluding hydrogens is 939 g/mol. The molecule has 3 aliphatic rings. The van der Waals surface area contributed by atoms with Crippen molar-refractivity contribution in [1.29, 1.82) is 0 Å².